The summed E-state index contributed by atoms with van der Waals surface area (Å²) in [5.41, 5.74) is 2.62. The number of para-hydroxylation sites is 1. The maximum atomic E-state index is 12.9. The molecule has 7 nitrogen and oxygen atoms in total. The zero-order valence-electron chi connectivity index (χ0n) is 17.8. The van der Waals surface area contributed by atoms with Crippen LogP contribution in [0.1, 0.15) is 27.2 Å². The molecule has 0 unspecified atom stereocenters. The molecule has 2 amide bonds. The highest BCUT2D eigenvalue weighted by molar-refractivity contribution is 6.04. The van der Waals surface area contributed by atoms with Crippen LogP contribution in [0.25, 0.3) is 0 Å². The van der Waals surface area contributed by atoms with E-state index in [0.717, 1.165) is 11.1 Å². The molecule has 0 spiro atoms. The maximum absolute atomic E-state index is 12.9. The summed E-state index contributed by atoms with van der Waals surface area (Å²) in [7, 11) is 1.57. The Kier molecular flexibility index (Phi) is 6.87. The number of rotatable bonds is 7. The maximum Gasteiger partial charge on any atom is 0.274 e. The molecule has 2 aromatic carbocycles. The van der Waals surface area contributed by atoms with Gasteiger partial charge >= 0.3 is 0 Å². The topological polar surface area (TPSA) is 89.4 Å². The fourth-order valence-electron chi connectivity index (χ4n) is 3.10. The molecule has 0 radical (unpaired) electrons. The van der Waals surface area contributed by atoms with Crippen LogP contribution in [0.2, 0.25) is 0 Å². The number of nitrogens with zero attached hydrogens (tertiary/aromatic N) is 1. The van der Waals surface area contributed by atoms with Crippen molar-refractivity contribution in [1.29, 1.82) is 0 Å². The lowest BCUT2D eigenvalue weighted by Crippen LogP contribution is -2.34. The first-order valence-electron chi connectivity index (χ1n) is 9.86. The Morgan fingerprint density at radius 2 is 1.68 bits per heavy atom. The van der Waals surface area contributed by atoms with Crippen LogP contribution in [0.15, 0.2) is 65.5 Å². The normalized spacial score (nSPS) is 10.4. The first-order chi connectivity index (χ1) is 14.9. The third kappa shape index (κ3) is 5.39. The molecule has 0 aliphatic rings. The molecule has 0 aliphatic heterocycles. The Hall–Kier alpha value is -3.87. The monoisotopic (exact) mass is 419 g/mol. The number of nitrogens with one attached hydrogen (secondary N) is 2. The number of aryl methyl sites for hydroxylation is 2. The van der Waals surface area contributed by atoms with E-state index in [0.29, 0.717) is 17.0 Å². The number of aromatic nitrogens is 1. The van der Waals surface area contributed by atoms with Gasteiger partial charge < -0.3 is 19.9 Å². The third-order valence-electron chi connectivity index (χ3n) is 4.92. The van der Waals surface area contributed by atoms with Crippen LogP contribution in [0.4, 0.5) is 5.69 Å². The average molecular weight is 419 g/mol. The Bertz CT molecular complexity index is 1150. The van der Waals surface area contributed by atoms with Gasteiger partial charge in [0, 0.05) is 23.4 Å². The van der Waals surface area contributed by atoms with Crippen LogP contribution in [-0.4, -0.2) is 23.5 Å². The van der Waals surface area contributed by atoms with E-state index in [1.165, 1.54) is 4.57 Å². The molecule has 3 aromatic rings. The fourth-order valence-corrected chi connectivity index (χ4v) is 3.10. The number of methoxy groups -OCH3 is 1. The molecule has 7 heteroatoms. The summed E-state index contributed by atoms with van der Waals surface area (Å²) in [6.45, 7) is 3.79. The fraction of sp³-hybridized carbons (Fsp3) is 0.208. The molecule has 0 saturated heterocycles. The molecule has 160 valence electrons. The van der Waals surface area contributed by atoms with E-state index in [1.807, 2.05) is 43.3 Å². The second-order valence-electron chi connectivity index (χ2n) is 7.19. The van der Waals surface area contributed by atoms with Crippen molar-refractivity contribution >= 4 is 17.5 Å². The van der Waals surface area contributed by atoms with Gasteiger partial charge in [-0.2, -0.15) is 0 Å². The molecule has 0 fully saturated rings. The van der Waals surface area contributed by atoms with Crippen LogP contribution in [0.5, 0.6) is 5.75 Å². The van der Waals surface area contributed by atoms with E-state index in [4.69, 9.17) is 4.74 Å². The number of carbonyl (C=O) groups excluding carboxylic acids is 2. The lowest BCUT2D eigenvalue weighted by Gasteiger charge is -2.14. The molecule has 1 heterocycles. The number of amides is 2. The first-order valence-corrected chi connectivity index (χ1v) is 9.86. The van der Waals surface area contributed by atoms with Crippen molar-refractivity contribution in [3.8, 4) is 5.75 Å². The third-order valence-corrected chi connectivity index (χ3v) is 4.92. The molecule has 2 N–H and O–H groups in total. The number of hydrogen-bond donors (Lipinski definition) is 2. The van der Waals surface area contributed by atoms with E-state index in [1.54, 1.807) is 38.3 Å². The van der Waals surface area contributed by atoms with Gasteiger partial charge in [-0.25, -0.2) is 0 Å². The van der Waals surface area contributed by atoms with Gasteiger partial charge in [-0.1, -0.05) is 35.9 Å². The van der Waals surface area contributed by atoms with Crippen molar-refractivity contribution in [3.05, 3.63) is 93.4 Å². The highest BCUT2D eigenvalue weighted by Gasteiger charge is 2.14. The first kappa shape index (κ1) is 21.8. The van der Waals surface area contributed by atoms with Crippen LogP contribution >= 0.6 is 0 Å². The zero-order chi connectivity index (χ0) is 22.4. The second kappa shape index (κ2) is 9.75. The van der Waals surface area contributed by atoms with Crippen LogP contribution in [0.3, 0.4) is 0 Å². The summed E-state index contributed by atoms with van der Waals surface area (Å²) >= 11 is 0. The Morgan fingerprint density at radius 1 is 0.968 bits per heavy atom. The second-order valence-corrected chi connectivity index (χ2v) is 7.19. The van der Waals surface area contributed by atoms with E-state index < -0.39 is 5.56 Å². The van der Waals surface area contributed by atoms with Gasteiger partial charge in [0.05, 0.1) is 7.11 Å². The van der Waals surface area contributed by atoms with Crippen molar-refractivity contribution in [2.45, 2.75) is 26.9 Å². The minimum Gasteiger partial charge on any atom is -0.496 e. The number of pyridine rings is 1. The SMILES string of the molecule is COc1ccccc1CNC(=O)Cn1c(C)ccc(NC(=O)c2ccc(C)cc2)c1=O. The highest BCUT2D eigenvalue weighted by atomic mass is 16.5. The number of carbonyl (C=O) groups is 2. The van der Waals surface area contributed by atoms with E-state index in [9.17, 15) is 14.4 Å². The van der Waals surface area contributed by atoms with Gasteiger partial charge in [0.2, 0.25) is 5.91 Å². The van der Waals surface area contributed by atoms with Crippen molar-refractivity contribution in [2.75, 3.05) is 12.4 Å². The van der Waals surface area contributed by atoms with Gasteiger partial charge in [0.25, 0.3) is 11.5 Å². The number of anilines is 1. The number of benzene rings is 2. The minimum absolute atomic E-state index is 0.119. The predicted octanol–water partition coefficient (Wildman–Crippen LogP) is 3.04. The van der Waals surface area contributed by atoms with Gasteiger partial charge in [-0.15, -0.1) is 0 Å². The van der Waals surface area contributed by atoms with Gasteiger partial charge in [-0.05, 0) is 44.2 Å². The highest BCUT2D eigenvalue weighted by Crippen LogP contribution is 2.16. The smallest absolute Gasteiger partial charge is 0.274 e. The quantitative estimate of drug-likeness (QED) is 0.616. The number of ether oxygens (including phenoxy) is 1. The Labute approximate surface area is 180 Å². The molecule has 0 aliphatic carbocycles. The molecule has 1 aromatic heterocycles. The molecule has 0 saturated carbocycles. The molecule has 0 bridgehead atoms. The van der Waals surface area contributed by atoms with Gasteiger partial charge in [-0.3, -0.25) is 14.4 Å². The lowest BCUT2D eigenvalue weighted by molar-refractivity contribution is -0.121. The largest absolute Gasteiger partial charge is 0.496 e. The average Bonchev–Trinajstić information content (AvgIpc) is 2.77. The van der Waals surface area contributed by atoms with Gasteiger partial charge in [0.1, 0.15) is 18.0 Å². The van der Waals surface area contributed by atoms with Crippen molar-refractivity contribution in [1.82, 2.24) is 9.88 Å². The lowest BCUT2D eigenvalue weighted by atomic mass is 10.1. The minimum atomic E-state index is -0.437. The summed E-state index contributed by atoms with van der Waals surface area (Å²) in [6.07, 6.45) is 0. The molecular weight excluding hydrogens is 394 g/mol. The molecular formula is C24H25N3O4. The summed E-state index contributed by atoms with van der Waals surface area (Å²) in [5.74, 6) is -0.0248. The summed E-state index contributed by atoms with van der Waals surface area (Å²) in [6, 6.07) is 17.7. The van der Waals surface area contributed by atoms with Crippen LogP contribution in [0, 0.1) is 13.8 Å². The Morgan fingerprint density at radius 3 is 2.39 bits per heavy atom. The number of hydrogen-bond acceptors (Lipinski definition) is 4. The van der Waals surface area contributed by atoms with Crippen molar-refractivity contribution < 1.29 is 14.3 Å². The van der Waals surface area contributed by atoms with Crippen molar-refractivity contribution in [3.63, 3.8) is 0 Å². The van der Waals surface area contributed by atoms with E-state index >= 15 is 0 Å². The predicted molar refractivity (Wildman–Crippen MR) is 119 cm³/mol. The van der Waals surface area contributed by atoms with Crippen LogP contribution < -0.4 is 20.9 Å². The summed E-state index contributed by atoms with van der Waals surface area (Å²) in [4.78, 5) is 37.8. The summed E-state index contributed by atoms with van der Waals surface area (Å²) in [5, 5.41) is 5.44. The van der Waals surface area contributed by atoms with Crippen molar-refractivity contribution in [2.24, 2.45) is 0 Å². The Balaban J connectivity index is 1.71. The van der Waals surface area contributed by atoms with Crippen LogP contribution in [-0.2, 0) is 17.9 Å². The molecule has 3 rings (SSSR count). The standard InChI is InChI=1S/C24H25N3O4/c1-16-8-11-18(12-9-16)23(29)26-20-13-10-17(2)27(24(20)30)15-22(28)25-14-19-6-4-5-7-21(19)31-3/h4-13H,14-15H2,1-3H3,(H,25,28)(H,26,29). The van der Waals surface area contributed by atoms with Gasteiger partial charge in [0.15, 0.2) is 0 Å². The molecule has 0 atom stereocenters. The van der Waals surface area contributed by atoms with E-state index in [-0.39, 0.29) is 30.6 Å². The molecule has 31 heavy (non-hydrogen) atoms. The zero-order valence-corrected chi connectivity index (χ0v) is 17.8. The van der Waals surface area contributed by atoms with E-state index in [2.05, 4.69) is 10.6 Å². The summed E-state index contributed by atoms with van der Waals surface area (Å²) < 4.78 is 6.62.